The van der Waals surface area contributed by atoms with Gasteiger partial charge in [-0.15, -0.1) is 11.6 Å². The SMILES string of the molecule is CCC(C)Cn1c(CCl)nc2ccc(OC)nc21. The fraction of sp³-hybridized carbons (Fsp3) is 0.538. The van der Waals surface area contributed by atoms with Gasteiger partial charge >= 0.3 is 0 Å². The molecule has 0 aliphatic heterocycles. The second-order valence-corrected chi connectivity index (χ2v) is 4.75. The number of rotatable bonds is 5. The van der Waals surface area contributed by atoms with Crippen LogP contribution in [0.2, 0.25) is 0 Å². The van der Waals surface area contributed by atoms with Crippen molar-refractivity contribution in [2.24, 2.45) is 5.92 Å². The molecule has 2 rings (SSSR count). The molecule has 18 heavy (non-hydrogen) atoms. The van der Waals surface area contributed by atoms with E-state index in [-0.39, 0.29) is 0 Å². The maximum Gasteiger partial charge on any atom is 0.215 e. The highest BCUT2D eigenvalue weighted by molar-refractivity contribution is 6.16. The van der Waals surface area contributed by atoms with Crippen LogP contribution in [-0.2, 0) is 12.4 Å². The van der Waals surface area contributed by atoms with Gasteiger partial charge in [-0.25, -0.2) is 4.98 Å². The molecule has 0 saturated carbocycles. The molecule has 0 aromatic carbocycles. The normalized spacial score (nSPS) is 12.9. The van der Waals surface area contributed by atoms with E-state index in [9.17, 15) is 0 Å². The molecule has 2 aromatic rings. The molecule has 0 saturated heterocycles. The number of pyridine rings is 1. The summed E-state index contributed by atoms with van der Waals surface area (Å²) in [5.41, 5.74) is 1.72. The van der Waals surface area contributed by atoms with E-state index in [1.54, 1.807) is 7.11 Å². The fourth-order valence-corrected chi connectivity index (χ4v) is 2.08. The molecule has 2 aromatic heterocycles. The summed E-state index contributed by atoms with van der Waals surface area (Å²) in [7, 11) is 1.62. The number of ether oxygens (including phenoxy) is 1. The van der Waals surface area contributed by atoms with Crippen LogP contribution in [0, 0.1) is 5.92 Å². The number of halogens is 1. The van der Waals surface area contributed by atoms with E-state index < -0.39 is 0 Å². The zero-order valence-corrected chi connectivity index (χ0v) is 11.7. The van der Waals surface area contributed by atoms with Crippen molar-refractivity contribution in [2.45, 2.75) is 32.7 Å². The molecular weight excluding hydrogens is 250 g/mol. The van der Waals surface area contributed by atoms with Crippen molar-refractivity contribution >= 4 is 22.8 Å². The highest BCUT2D eigenvalue weighted by atomic mass is 35.5. The van der Waals surface area contributed by atoms with Crippen molar-refractivity contribution in [1.82, 2.24) is 14.5 Å². The highest BCUT2D eigenvalue weighted by Crippen LogP contribution is 2.21. The van der Waals surface area contributed by atoms with Crippen molar-refractivity contribution in [1.29, 1.82) is 0 Å². The third-order valence-electron chi connectivity index (χ3n) is 3.17. The number of nitrogens with zero attached hydrogens (tertiary/aromatic N) is 3. The minimum Gasteiger partial charge on any atom is -0.481 e. The molecule has 0 amide bonds. The number of imidazole rings is 1. The van der Waals surface area contributed by atoms with Crippen molar-refractivity contribution in [3.63, 3.8) is 0 Å². The quantitative estimate of drug-likeness (QED) is 0.781. The van der Waals surface area contributed by atoms with Gasteiger partial charge < -0.3 is 9.30 Å². The molecular formula is C13H18ClN3O. The number of hydrogen-bond acceptors (Lipinski definition) is 3. The van der Waals surface area contributed by atoms with Crippen LogP contribution in [0.15, 0.2) is 12.1 Å². The van der Waals surface area contributed by atoms with E-state index in [1.807, 2.05) is 12.1 Å². The molecule has 0 radical (unpaired) electrons. The topological polar surface area (TPSA) is 39.9 Å². The number of aromatic nitrogens is 3. The smallest absolute Gasteiger partial charge is 0.215 e. The van der Waals surface area contributed by atoms with Gasteiger partial charge in [-0.2, -0.15) is 4.98 Å². The molecule has 1 unspecified atom stereocenters. The first-order valence-corrected chi connectivity index (χ1v) is 6.69. The number of methoxy groups -OCH3 is 1. The van der Waals surface area contributed by atoms with Crippen LogP contribution in [0.3, 0.4) is 0 Å². The fourth-order valence-electron chi connectivity index (χ4n) is 1.88. The Balaban J connectivity index is 2.51. The Hall–Kier alpha value is -1.29. The van der Waals surface area contributed by atoms with Crippen LogP contribution in [0.25, 0.3) is 11.2 Å². The van der Waals surface area contributed by atoms with Gasteiger partial charge in [0.15, 0.2) is 5.65 Å². The first-order chi connectivity index (χ1) is 8.69. The number of alkyl halides is 1. The maximum atomic E-state index is 5.96. The van der Waals surface area contributed by atoms with Gasteiger partial charge in [-0.3, -0.25) is 0 Å². The van der Waals surface area contributed by atoms with E-state index in [4.69, 9.17) is 16.3 Å². The van der Waals surface area contributed by atoms with Gasteiger partial charge in [0.05, 0.1) is 13.0 Å². The highest BCUT2D eigenvalue weighted by Gasteiger charge is 2.13. The Bertz CT molecular complexity index is 538. The summed E-state index contributed by atoms with van der Waals surface area (Å²) in [5.74, 6) is 2.44. The second-order valence-electron chi connectivity index (χ2n) is 4.48. The molecule has 4 nitrogen and oxygen atoms in total. The van der Waals surface area contributed by atoms with E-state index in [0.29, 0.717) is 17.7 Å². The van der Waals surface area contributed by atoms with Crippen LogP contribution in [0.4, 0.5) is 0 Å². The summed E-state index contributed by atoms with van der Waals surface area (Å²) in [6.07, 6.45) is 1.12. The van der Waals surface area contributed by atoms with E-state index in [1.165, 1.54) is 0 Å². The summed E-state index contributed by atoms with van der Waals surface area (Å²) < 4.78 is 7.26. The van der Waals surface area contributed by atoms with Crippen molar-refractivity contribution in [3.05, 3.63) is 18.0 Å². The zero-order chi connectivity index (χ0) is 13.1. The minimum atomic E-state index is 0.398. The van der Waals surface area contributed by atoms with Crippen LogP contribution >= 0.6 is 11.6 Å². The first kappa shape index (κ1) is 13.1. The number of fused-ring (bicyclic) bond motifs is 1. The van der Waals surface area contributed by atoms with Crippen molar-refractivity contribution in [3.8, 4) is 5.88 Å². The third kappa shape index (κ3) is 2.43. The molecule has 0 aliphatic rings. The summed E-state index contributed by atoms with van der Waals surface area (Å²) >= 11 is 5.96. The van der Waals surface area contributed by atoms with Crippen LogP contribution < -0.4 is 4.74 Å². The Morgan fingerprint density at radius 1 is 1.39 bits per heavy atom. The van der Waals surface area contributed by atoms with E-state index in [0.717, 1.165) is 30.0 Å². The van der Waals surface area contributed by atoms with Gasteiger partial charge in [0.1, 0.15) is 11.3 Å². The van der Waals surface area contributed by atoms with Crippen LogP contribution in [-0.4, -0.2) is 21.6 Å². The van der Waals surface area contributed by atoms with Crippen molar-refractivity contribution in [2.75, 3.05) is 7.11 Å². The second kappa shape index (κ2) is 5.57. The van der Waals surface area contributed by atoms with Gasteiger partial charge in [0.25, 0.3) is 0 Å². The predicted molar refractivity (Wildman–Crippen MR) is 73.1 cm³/mol. The van der Waals surface area contributed by atoms with E-state index in [2.05, 4.69) is 28.4 Å². The lowest BCUT2D eigenvalue weighted by atomic mass is 10.1. The molecule has 0 aliphatic carbocycles. The van der Waals surface area contributed by atoms with E-state index >= 15 is 0 Å². The first-order valence-electron chi connectivity index (χ1n) is 6.15. The molecule has 5 heteroatoms. The minimum absolute atomic E-state index is 0.398. The van der Waals surface area contributed by atoms with Crippen LogP contribution in [0.5, 0.6) is 5.88 Å². The molecule has 98 valence electrons. The van der Waals surface area contributed by atoms with Gasteiger partial charge in [-0.05, 0) is 12.0 Å². The average Bonchev–Trinajstić information content (AvgIpc) is 2.75. The van der Waals surface area contributed by atoms with Crippen molar-refractivity contribution < 1.29 is 4.74 Å². The lowest BCUT2D eigenvalue weighted by Crippen LogP contribution is -2.10. The predicted octanol–water partition coefficient (Wildman–Crippen LogP) is 3.22. The summed E-state index contributed by atoms with van der Waals surface area (Å²) in [6, 6.07) is 3.74. The lowest BCUT2D eigenvalue weighted by molar-refractivity contribution is 0.398. The van der Waals surface area contributed by atoms with Gasteiger partial charge in [0.2, 0.25) is 5.88 Å². The molecule has 0 N–H and O–H groups in total. The van der Waals surface area contributed by atoms with Gasteiger partial charge in [0, 0.05) is 12.6 Å². The Kier molecular flexibility index (Phi) is 4.07. The Morgan fingerprint density at radius 2 is 2.17 bits per heavy atom. The molecule has 0 spiro atoms. The largest absolute Gasteiger partial charge is 0.481 e. The summed E-state index contributed by atoms with van der Waals surface area (Å²) in [4.78, 5) is 8.98. The third-order valence-corrected chi connectivity index (χ3v) is 3.40. The molecule has 1 atom stereocenters. The van der Waals surface area contributed by atoms with Gasteiger partial charge in [-0.1, -0.05) is 20.3 Å². The summed E-state index contributed by atoms with van der Waals surface area (Å²) in [5, 5.41) is 0. The van der Waals surface area contributed by atoms with Crippen LogP contribution in [0.1, 0.15) is 26.1 Å². The Labute approximate surface area is 112 Å². The molecule has 0 bridgehead atoms. The maximum absolute atomic E-state index is 5.96. The Morgan fingerprint density at radius 3 is 2.78 bits per heavy atom. The zero-order valence-electron chi connectivity index (χ0n) is 11.0. The monoisotopic (exact) mass is 267 g/mol. The molecule has 0 fully saturated rings. The average molecular weight is 268 g/mol. The standard InChI is InChI=1S/C13H18ClN3O/c1-4-9(2)8-17-11(7-14)15-10-5-6-12(18-3)16-13(10)17/h5-6,9H,4,7-8H2,1-3H3. The molecule has 2 heterocycles. The summed E-state index contributed by atoms with van der Waals surface area (Å²) in [6.45, 7) is 5.28. The number of hydrogen-bond donors (Lipinski definition) is 0. The lowest BCUT2D eigenvalue weighted by Gasteiger charge is -2.12.